The summed E-state index contributed by atoms with van der Waals surface area (Å²) < 4.78 is 11.2. The van der Waals surface area contributed by atoms with Crippen LogP contribution in [0.15, 0.2) is 23.2 Å². The first-order valence-electron chi connectivity index (χ1n) is 10.1. The van der Waals surface area contributed by atoms with Crippen molar-refractivity contribution in [2.45, 2.75) is 58.6 Å². The number of aliphatic imine (C=N–C) groups is 1. The van der Waals surface area contributed by atoms with Gasteiger partial charge in [-0.1, -0.05) is 25.0 Å². The van der Waals surface area contributed by atoms with Crippen LogP contribution in [0.1, 0.15) is 50.7 Å². The number of halogens is 1. The Hall–Kier alpha value is -1.06. The SMILES string of the molecule is CCNC(=NCc1ccc(C)cc1OCCOCC)NCC1(O)CCCC1.I. The summed E-state index contributed by atoms with van der Waals surface area (Å²) in [7, 11) is 0. The fourth-order valence-corrected chi connectivity index (χ4v) is 3.25. The number of guanidine groups is 1. The second kappa shape index (κ2) is 13.2. The van der Waals surface area contributed by atoms with Gasteiger partial charge in [0.1, 0.15) is 12.4 Å². The van der Waals surface area contributed by atoms with Crippen LogP contribution < -0.4 is 15.4 Å². The van der Waals surface area contributed by atoms with Gasteiger partial charge < -0.3 is 25.2 Å². The molecule has 6 nitrogen and oxygen atoms in total. The quantitative estimate of drug-likeness (QED) is 0.197. The van der Waals surface area contributed by atoms with Crippen molar-refractivity contribution in [3.8, 4) is 5.75 Å². The first-order chi connectivity index (χ1) is 13.1. The van der Waals surface area contributed by atoms with Crippen molar-refractivity contribution in [3.05, 3.63) is 29.3 Å². The van der Waals surface area contributed by atoms with Crippen molar-refractivity contribution in [3.63, 3.8) is 0 Å². The highest BCUT2D eigenvalue weighted by molar-refractivity contribution is 14.0. The number of nitrogens with zero attached hydrogens (tertiary/aromatic N) is 1. The zero-order chi connectivity index (χ0) is 19.5. The number of rotatable bonds is 10. The summed E-state index contributed by atoms with van der Waals surface area (Å²) in [5.74, 6) is 1.57. The average molecular weight is 505 g/mol. The van der Waals surface area contributed by atoms with Gasteiger partial charge in [-0.15, -0.1) is 24.0 Å². The van der Waals surface area contributed by atoms with E-state index in [1.54, 1.807) is 0 Å². The Balaban J connectivity index is 0.00000392. The van der Waals surface area contributed by atoms with Crippen LogP contribution in [0.25, 0.3) is 0 Å². The van der Waals surface area contributed by atoms with E-state index < -0.39 is 5.60 Å². The van der Waals surface area contributed by atoms with Gasteiger partial charge in [-0.3, -0.25) is 0 Å². The van der Waals surface area contributed by atoms with Gasteiger partial charge in [-0.2, -0.15) is 0 Å². The highest BCUT2D eigenvalue weighted by atomic mass is 127. The van der Waals surface area contributed by atoms with E-state index in [1.165, 1.54) is 0 Å². The van der Waals surface area contributed by atoms with E-state index in [0.717, 1.165) is 55.1 Å². The van der Waals surface area contributed by atoms with Crippen molar-refractivity contribution in [1.29, 1.82) is 0 Å². The van der Waals surface area contributed by atoms with Crippen LogP contribution in [0.3, 0.4) is 0 Å². The topological polar surface area (TPSA) is 75.1 Å². The molecule has 1 aromatic rings. The van der Waals surface area contributed by atoms with E-state index in [-0.39, 0.29) is 24.0 Å². The Morgan fingerprint density at radius 3 is 2.61 bits per heavy atom. The van der Waals surface area contributed by atoms with Crippen LogP contribution in [-0.4, -0.2) is 49.6 Å². The summed E-state index contributed by atoms with van der Waals surface area (Å²) in [6.07, 6.45) is 3.90. The Bertz CT molecular complexity index is 605. The molecule has 1 aliphatic carbocycles. The number of hydrogen-bond donors (Lipinski definition) is 3. The lowest BCUT2D eigenvalue weighted by atomic mass is 10.0. The average Bonchev–Trinajstić information content (AvgIpc) is 3.09. The molecule has 0 unspecified atom stereocenters. The molecule has 0 bridgehead atoms. The third-order valence-corrected chi connectivity index (χ3v) is 4.78. The van der Waals surface area contributed by atoms with Crippen LogP contribution in [0, 0.1) is 6.92 Å². The minimum atomic E-state index is -0.604. The van der Waals surface area contributed by atoms with E-state index in [2.05, 4.69) is 34.7 Å². The van der Waals surface area contributed by atoms with E-state index in [9.17, 15) is 5.11 Å². The molecule has 0 atom stereocenters. The summed E-state index contributed by atoms with van der Waals surface area (Å²) in [5.41, 5.74) is 1.59. The number of aryl methyl sites for hydroxylation is 1. The molecule has 1 aliphatic rings. The second-order valence-corrected chi connectivity index (χ2v) is 7.14. The predicted molar refractivity (Wildman–Crippen MR) is 125 cm³/mol. The van der Waals surface area contributed by atoms with Crippen LogP contribution in [0.4, 0.5) is 0 Å². The van der Waals surface area contributed by atoms with Gasteiger partial charge in [0, 0.05) is 25.3 Å². The number of hydrogen-bond acceptors (Lipinski definition) is 4. The maximum Gasteiger partial charge on any atom is 0.191 e. The molecule has 0 aliphatic heterocycles. The third-order valence-electron chi connectivity index (χ3n) is 4.78. The van der Waals surface area contributed by atoms with Gasteiger partial charge in [0.15, 0.2) is 5.96 Å². The number of ether oxygens (including phenoxy) is 2. The second-order valence-electron chi connectivity index (χ2n) is 7.14. The molecule has 3 N–H and O–H groups in total. The fraction of sp³-hybridized carbons (Fsp3) is 0.667. The molecule has 1 fully saturated rings. The van der Waals surface area contributed by atoms with Gasteiger partial charge in [0.2, 0.25) is 0 Å². The zero-order valence-corrected chi connectivity index (χ0v) is 19.8. The first kappa shape index (κ1) is 25.0. The van der Waals surface area contributed by atoms with Crippen molar-refractivity contribution in [2.75, 3.05) is 32.9 Å². The lowest BCUT2D eigenvalue weighted by molar-refractivity contribution is 0.0522. The first-order valence-corrected chi connectivity index (χ1v) is 10.1. The highest BCUT2D eigenvalue weighted by Crippen LogP contribution is 2.28. The predicted octanol–water partition coefficient (Wildman–Crippen LogP) is 3.39. The monoisotopic (exact) mass is 505 g/mol. The van der Waals surface area contributed by atoms with Crippen LogP contribution in [0.2, 0.25) is 0 Å². The van der Waals surface area contributed by atoms with Crippen molar-refractivity contribution >= 4 is 29.9 Å². The molecule has 1 aromatic carbocycles. The molecule has 7 heteroatoms. The fourth-order valence-electron chi connectivity index (χ4n) is 3.25. The van der Waals surface area contributed by atoms with Gasteiger partial charge in [0.25, 0.3) is 0 Å². The number of nitrogens with one attached hydrogen (secondary N) is 2. The number of aliphatic hydroxyl groups is 1. The van der Waals surface area contributed by atoms with Crippen molar-refractivity contribution in [2.24, 2.45) is 4.99 Å². The van der Waals surface area contributed by atoms with Crippen LogP contribution in [0.5, 0.6) is 5.75 Å². The summed E-state index contributed by atoms with van der Waals surface area (Å²) in [6.45, 7) is 9.68. The van der Waals surface area contributed by atoms with Gasteiger partial charge in [-0.05, 0) is 45.2 Å². The normalized spacial score (nSPS) is 15.8. The smallest absolute Gasteiger partial charge is 0.191 e. The maximum atomic E-state index is 10.5. The van der Waals surface area contributed by atoms with Gasteiger partial charge in [0.05, 0.1) is 18.8 Å². The standard InChI is InChI=1S/C21H35N3O3.HI/c1-4-22-20(24-16-21(25)10-6-7-11-21)23-15-18-9-8-17(3)14-19(18)27-13-12-26-5-2;/h8-9,14,25H,4-7,10-13,15-16H2,1-3H3,(H2,22,23,24);1H. The van der Waals surface area contributed by atoms with E-state index in [4.69, 9.17) is 9.47 Å². The molecular weight excluding hydrogens is 469 g/mol. The molecule has 0 amide bonds. The summed E-state index contributed by atoms with van der Waals surface area (Å²) in [5, 5.41) is 17.1. The molecule has 0 radical (unpaired) electrons. The molecule has 0 aromatic heterocycles. The van der Waals surface area contributed by atoms with Crippen molar-refractivity contribution < 1.29 is 14.6 Å². The molecule has 2 rings (SSSR count). The minimum absolute atomic E-state index is 0. The molecule has 0 heterocycles. The number of benzene rings is 1. The molecule has 28 heavy (non-hydrogen) atoms. The Morgan fingerprint density at radius 2 is 1.93 bits per heavy atom. The molecule has 1 saturated carbocycles. The summed E-state index contributed by atoms with van der Waals surface area (Å²) >= 11 is 0. The van der Waals surface area contributed by atoms with Crippen LogP contribution >= 0.6 is 24.0 Å². The van der Waals surface area contributed by atoms with E-state index in [0.29, 0.717) is 32.9 Å². The maximum absolute atomic E-state index is 10.5. The van der Waals surface area contributed by atoms with E-state index >= 15 is 0 Å². The largest absolute Gasteiger partial charge is 0.491 e. The summed E-state index contributed by atoms with van der Waals surface area (Å²) in [6, 6.07) is 6.17. The van der Waals surface area contributed by atoms with E-state index in [1.807, 2.05) is 19.9 Å². The lowest BCUT2D eigenvalue weighted by Gasteiger charge is -2.23. The Morgan fingerprint density at radius 1 is 1.18 bits per heavy atom. The Labute approximate surface area is 186 Å². The molecule has 0 spiro atoms. The molecular formula is C21H36IN3O3. The highest BCUT2D eigenvalue weighted by Gasteiger charge is 2.30. The molecule has 160 valence electrons. The van der Waals surface area contributed by atoms with Gasteiger partial charge in [-0.25, -0.2) is 4.99 Å². The minimum Gasteiger partial charge on any atom is -0.491 e. The third kappa shape index (κ3) is 8.53. The summed E-state index contributed by atoms with van der Waals surface area (Å²) in [4.78, 5) is 4.68. The lowest BCUT2D eigenvalue weighted by Crippen LogP contribution is -2.46. The zero-order valence-electron chi connectivity index (χ0n) is 17.4. The Kier molecular flexibility index (Phi) is 11.8. The van der Waals surface area contributed by atoms with Gasteiger partial charge >= 0.3 is 0 Å². The van der Waals surface area contributed by atoms with Crippen LogP contribution in [-0.2, 0) is 11.3 Å². The van der Waals surface area contributed by atoms with Crippen molar-refractivity contribution in [1.82, 2.24) is 10.6 Å². The molecule has 0 saturated heterocycles.